The lowest BCUT2D eigenvalue weighted by Crippen LogP contribution is -2.37. The van der Waals surface area contributed by atoms with Crippen molar-refractivity contribution in [3.8, 4) is 11.5 Å². The molecule has 0 spiro atoms. The van der Waals surface area contributed by atoms with E-state index in [1.165, 1.54) is 20.3 Å². The van der Waals surface area contributed by atoms with E-state index in [1.807, 2.05) is 4.90 Å². The SMILES string of the molecule is COc1cc(N2CCCC(CO)C2)c([N+](=O)[O-])cc1OC. The number of methoxy groups -OCH3 is 2. The fraction of sp³-hybridized carbons (Fsp3) is 0.571. The van der Waals surface area contributed by atoms with Gasteiger partial charge in [0.15, 0.2) is 11.5 Å². The number of benzene rings is 1. The zero-order valence-corrected chi connectivity index (χ0v) is 12.2. The molecule has 1 aromatic rings. The molecule has 2 rings (SSSR count). The average Bonchev–Trinajstić information content (AvgIpc) is 2.53. The molecule has 1 aromatic carbocycles. The minimum Gasteiger partial charge on any atom is -0.493 e. The van der Waals surface area contributed by atoms with Crippen molar-refractivity contribution >= 4 is 11.4 Å². The standard InChI is InChI=1S/C14H20N2O5/c1-20-13-6-11(12(16(18)19)7-14(13)21-2)15-5-3-4-10(8-15)9-17/h6-7,10,17H,3-5,8-9H2,1-2H3. The van der Waals surface area contributed by atoms with Gasteiger partial charge in [0.2, 0.25) is 0 Å². The van der Waals surface area contributed by atoms with Crippen LogP contribution in [0.4, 0.5) is 11.4 Å². The molecule has 1 heterocycles. The summed E-state index contributed by atoms with van der Waals surface area (Å²) >= 11 is 0. The number of ether oxygens (including phenoxy) is 2. The van der Waals surface area contributed by atoms with E-state index in [0.717, 1.165) is 19.4 Å². The minimum absolute atomic E-state index is 0.00811. The largest absolute Gasteiger partial charge is 0.493 e. The summed E-state index contributed by atoms with van der Waals surface area (Å²) in [6, 6.07) is 3.02. The van der Waals surface area contributed by atoms with Crippen molar-refractivity contribution < 1.29 is 19.5 Å². The number of anilines is 1. The Morgan fingerprint density at radius 1 is 1.38 bits per heavy atom. The smallest absolute Gasteiger partial charge is 0.296 e. The van der Waals surface area contributed by atoms with E-state index < -0.39 is 4.92 Å². The summed E-state index contributed by atoms with van der Waals surface area (Å²) in [5.41, 5.74) is 0.502. The minimum atomic E-state index is -0.417. The van der Waals surface area contributed by atoms with Gasteiger partial charge in [0.1, 0.15) is 5.69 Å². The highest BCUT2D eigenvalue weighted by molar-refractivity contribution is 5.70. The summed E-state index contributed by atoms with van der Waals surface area (Å²) in [5.74, 6) is 0.944. The molecule has 1 fully saturated rings. The Bertz CT molecular complexity index is 520. The number of hydrogen-bond donors (Lipinski definition) is 1. The Hall–Kier alpha value is -2.02. The Morgan fingerprint density at radius 2 is 2.05 bits per heavy atom. The summed E-state index contributed by atoms with van der Waals surface area (Å²) in [7, 11) is 2.95. The molecule has 0 radical (unpaired) electrons. The monoisotopic (exact) mass is 296 g/mol. The van der Waals surface area contributed by atoms with Gasteiger partial charge in [0.05, 0.1) is 25.2 Å². The Morgan fingerprint density at radius 3 is 2.62 bits per heavy atom. The molecule has 0 bridgehead atoms. The van der Waals surface area contributed by atoms with Crippen LogP contribution in [-0.4, -0.2) is 43.9 Å². The van der Waals surface area contributed by atoms with Gasteiger partial charge in [-0.25, -0.2) is 0 Å². The van der Waals surface area contributed by atoms with E-state index in [4.69, 9.17) is 9.47 Å². The van der Waals surface area contributed by atoms with E-state index in [2.05, 4.69) is 0 Å². The van der Waals surface area contributed by atoms with Crippen LogP contribution < -0.4 is 14.4 Å². The van der Waals surface area contributed by atoms with E-state index in [9.17, 15) is 15.2 Å². The third-order valence-electron chi connectivity index (χ3n) is 3.80. The number of piperidine rings is 1. The average molecular weight is 296 g/mol. The van der Waals surface area contributed by atoms with Crippen molar-refractivity contribution in [1.82, 2.24) is 0 Å². The number of aliphatic hydroxyl groups excluding tert-OH is 1. The van der Waals surface area contributed by atoms with Crippen molar-refractivity contribution in [3.05, 3.63) is 22.2 Å². The topological polar surface area (TPSA) is 85.1 Å². The molecule has 0 aliphatic carbocycles. The lowest BCUT2D eigenvalue weighted by Gasteiger charge is -2.33. The van der Waals surface area contributed by atoms with Gasteiger partial charge in [-0.05, 0) is 18.8 Å². The molecular weight excluding hydrogens is 276 g/mol. The first kappa shape index (κ1) is 15.4. The highest BCUT2D eigenvalue weighted by Gasteiger charge is 2.27. The fourth-order valence-corrected chi connectivity index (χ4v) is 2.69. The maximum atomic E-state index is 11.3. The Labute approximate surface area is 123 Å². The summed E-state index contributed by atoms with van der Waals surface area (Å²) in [5, 5.41) is 20.6. The molecule has 0 amide bonds. The number of nitrogens with zero attached hydrogens (tertiary/aromatic N) is 2. The first-order chi connectivity index (χ1) is 10.1. The van der Waals surface area contributed by atoms with Crippen LogP contribution in [0.1, 0.15) is 12.8 Å². The van der Waals surface area contributed by atoms with Gasteiger partial charge in [-0.15, -0.1) is 0 Å². The lowest BCUT2D eigenvalue weighted by molar-refractivity contribution is -0.384. The summed E-state index contributed by atoms with van der Waals surface area (Å²) < 4.78 is 10.4. The highest BCUT2D eigenvalue weighted by Crippen LogP contribution is 2.40. The van der Waals surface area contributed by atoms with Crippen LogP contribution in [0.3, 0.4) is 0 Å². The first-order valence-corrected chi connectivity index (χ1v) is 6.87. The molecule has 21 heavy (non-hydrogen) atoms. The Kier molecular flexibility index (Phi) is 4.85. The van der Waals surface area contributed by atoms with Gasteiger partial charge in [0, 0.05) is 25.8 Å². The third-order valence-corrected chi connectivity index (χ3v) is 3.80. The zero-order valence-electron chi connectivity index (χ0n) is 12.2. The number of hydrogen-bond acceptors (Lipinski definition) is 6. The van der Waals surface area contributed by atoms with Crippen LogP contribution >= 0.6 is 0 Å². The molecule has 7 nitrogen and oxygen atoms in total. The van der Waals surface area contributed by atoms with Crippen molar-refractivity contribution in [2.45, 2.75) is 12.8 Å². The molecule has 116 valence electrons. The van der Waals surface area contributed by atoms with E-state index >= 15 is 0 Å². The van der Waals surface area contributed by atoms with E-state index in [-0.39, 0.29) is 18.2 Å². The number of nitro groups is 1. The highest BCUT2D eigenvalue weighted by atomic mass is 16.6. The molecule has 1 unspecified atom stereocenters. The number of nitro benzene ring substituents is 1. The third kappa shape index (κ3) is 3.18. The first-order valence-electron chi connectivity index (χ1n) is 6.87. The summed E-state index contributed by atoms with van der Waals surface area (Å²) in [6.45, 7) is 1.43. The molecule has 1 saturated heterocycles. The predicted octanol–water partition coefficient (Wildman–Crippen LogP) is 1.82. The van der Waals surface area contributed by atoms with Crippen molar-refractivity contribution in [2.75, 3.05) is 38.8 Å². The van der Waals surface area contributed by atoms with Gasteiger partial charge >= 0.3 is 0 Å². The van der Waals surface area contributed by atoms with Crippen LogP contribution in [0.2, 0.25) is 0 Å². The van der Waals surface area contributed by atoms with Crippen molar-refractivity contribution in [1.29, 1.82) is 0 Å². The lowest BCUT2D eigenvalue weighted by atomic mass is 9.98. The molecule has 1 aliphatic rings. The molecule has 0 aromatic heterocycles. The summed E-state index contributed by atoms with van der Waals surface area (Å²) in [4.78, 5) is 12.8. The molecule has 7 heteroatoms. The van der Waals surface area contributed by atoms with Crippen LogP contribution in [0.15, 0.2) is 12.1 Å². The van der Waals surface area contributed by atoms with Gasteiger partial charge in [-0.1, -0.05) is 0 Å². The molecule has 0 saturated carbocycles. The number of aliphatic hydroxyl groups is 1. The molecular formula is C14H20N2O5. The van der Waals surface area contributed by atoms with Crippen LogP contribution in [0, 0.1) is 16.0 Å². The van der Waals surface area contributed by atoms with Gasteiger partial charge < -0.3 is 19.5 Å². The van der Waals surface area contributed by atoms with Gasteiger partial charge in [0.25, 0.3) is 5.69 Å². The van der Waals surface area contributed by atoms with Crippen molar-refractivity contribution in [2.24, 2.45) is 5.92 Å². The maximum absolute atomic E-state index is 11.3. The molecule has 1 N–H and O–H groups in total. The zero-order chi connectivity index (χ0) is 15.4. The van der Waals surface area contributed by atoms with E-state index in [1.54, 1.807) is 6.07 Å². The van der Waals surface area contributed by atoms with Gasteiger partial charge in [-0.2, -0.15) is 0 Å². The number of rotatable bonds is 5. The molecule has 1 atom stereocenters. The quantitative estimate of drug-likeness (QED) is 0.659. The van der Waals surface area contributed by atoms with E-state index in [0.29, 0.717) is 23.7 Å². The fourth-order valence-electron chi connectivity index (χ4n) is 2.69. The Balaban J connectivity index is 2.42. The predicted molar refractivity (Wildman–Crippen MR) is 78.2 cm³/mol. The van der Waals surface area contributed by atoms with Crippen molar-refractivity contribution in [3.63, 3.8) is 0 Å². The van der Waals surface area contributed by atoms with Crippen LogP contribution in [0.25, 0.3) is 0 Å². The summed E-state index contributed by atoms with van der Waals surface area (Å²) in [6.07, 6.45) is 1.84. The van der Waals surface area contributed by atoms with Gasteiger partial charge in [-0.3, -0.25) is 10.1 Å². The van der Waals surface area contributed by atoms with Crippen LogP contribution in [0.5, 0.6) is 11.5 Å². The molecule has 1 aliphatic heterocycles. The second-order valence-electron chi connectivity index (χ2n) is 5.09. The second kappa shape index (κ2) is 6.62. The van der Waals surface area contributed by atoms with Crippen LogP contribution in [-0.2, 0) is 0 Å². The second-order valence-corrected chi connectivity index (χ2v) is 5.09. The normalized spacial score (nSPS) is 18.4. The maximum Gasteiger partial charge on any atom is 0.296 e.